The van der Waals surface area contributed by atoms with Crippen molar-refractivity contribution in [2.75, 3.05) is 4.72 Å². The largest absolute Gasteiger partial charge is 0.516 e. The highest BCUT2D eigenvalue weighted by atomic mass is 32.2. The Hall–Kier alpha value is -0.690. The van der Waals surface area contributed by atoms with Gasteiger partial charge in [0.1, 0.15) is 5.03 Å². The minimum absolute atomic E-state index is 0.311. The first-order chi connectivity index (χ1) is 7.91. The number of thiazole rings is 1. The first-order valence-electron chi connectivity index (χ1n) is 3.71. The number of hydrogen-bond acceptors (Lipinski definition) is 5. The first-order valence-corrected chi connectivity index (χ1v) is 6.89. The van der Waals surface area contributed by atoms with E-state index in [-0.39, 0.29) is 0 Å². The lowest BCUT2D eigenvalue weighted by Gasteiger charge is -2.07. The number of aromatic nitrogens is 1. The SMILES string of the molecule is O=S(=O)(Nc1nc(SC(F)(F)F)cs1)C(F)(F)F. The lowest BCUT2D eigenvalue weighted by atomic mass is 11.0. The Balaban J connectivity index is 2.83. The van der Waals surface area contributed by atoms with Gasteiger partial charge < -0.3 is 0 Å². The molecule has 0 aliphatic heterocycles. The van der Waals surface area contributed by atoms with Gasteiger partial charge in [-0.2, -0.15) is 34.8 Å². The van der Waals surface area contributed by atoms with Crippen LogP contribution in [0.5, 0.6) is 0 Å². The Morgan fingerprint density at radius 3 is 2.22 bits per heavy atom. The fourth-order valence-corrected chi connectivity index (χ4v) is 2.74. The Morgan fingerprint density at radius 2 is 1.78 bits per heavy atom. The molecule has 1 aromatic rings. The molecule has 1 rings (SSSR count). The van der Waals surface area contributed by atoms with E-state index in [0.717, 1.165) is 10.1 Å². The molecule has 0 amide bonds. The molecule has 104 valence electrons. The average Bonchev–Trinajstić information content (AvgIpc) is 2.45. The summed E-state index contributed by atoms with van der Waals surface area (Å²) in [6, 6.07) is 0. The summed E-state index contributed by atoms with van der Waals surface area (Å²) in [6.45, 7) is 0. The van der Waals surface area contributed by atoms with Crippen LogP contribution < -0.4 is 4.72 Å². The van der Waals surface area contributed by atoms with Crippen LogP contribution in [0.15, 0.2) is 10.4 Å². The van der Waals surface area contributed by atoms with Crippen molar-refractivity contribution in [1.82, 2.24) is 4.98 Å². The van der Waals surface area contributed by atoms with Gasteiger partial charge in [0.2, 0.25) is 0 Å². The van der Waals surface area contributed by atoms with E-state index in [0.29, 0.717) is 11.3 Å². The molecular weight excluding hydrogens is 330 g/mol. The quantitative estimate of drug-likeness (QED) is 0.683. The Labute approximate surface area is 104 Å². The van der Waals surface area contributed by atoms with Crippen molar-refractivity contribution in [3.05, 3.63) is 5.38 Å². The van der Waals surface area contributed by atoms with Crippen molar-refractivity contribution in [2.45, 2.75) is 16.0 Å². The number of anilines is 1. The van der Waals surface area contributed by atoms with Crippen molar-refractivity contribution < 1.29 is 34.8 Å². The van der Waals surface area contributed by atoms with Gasteiger partial charge in [0.15, 0.2) is 5.13 Å². The molecule has 0 fully saturated rings. The third-order valence-electron chi connectivity index (χ3n) is 1.23. The number of sulfonamides is 1. The summed E-state index contributed by atoms with van der Waals surface area (Å²) in [4.78, 5) is 3.07. The maximum absolute atomic E-state index is 11.9. The van der Waals surface area contributed by atoms with Crippen LogP contribution in [0, 0.1) is 0 Å². The van der Waals surface area contributed by atoms with Crippen molar-refractivity contribution in [3.8, 4) is 0 Å². The molecule has 0 unspecified atom stereocenters. The van der Waals surface area contributed by atoms with Crippen LogP contribution in [0.25, 0.3) is 0 Å². The van der Waals surface area contributed by atoms with E-state index in [2.05, 4.69) is 4.98 Å². The topological polar surface area (TPSA) is 59.1 Å². The van der Waals surface area contributed by atoms with Crippen LogP contribution in [-0.4, -0.2) is 24.4 Å². The highest BCUT2D eigenvalue weighted by molar-refractivity contribution is 8.00. The summed E-state index contributed by atoms with van der Waals surface area (Å²) in [5.41, 5.74) is -10.2. The van der Waals surface area contributed by atoms with Crippen LogP contribution in [0.3, 0.4) is 0 Å². The highest BCUT2D eigenvalue weighted by Crippen LogP contribution is 2.38. The average molecular weight is 332 g/mol. The molecule has 0 saturated carbocycles. The number of alkyl halides is 6. The molecule has 1 heterocycles. The lowest BCUT2D eigenvalue weighted by Crippen LogP contribution is -2.29. The van der Waals surface area contributed by atoms with E-state index in [1.165, 1.54) is 0 Å². The zero-order valence-corrected chi connectivity index (χ0v) is 10.3. The number of halogens is 6. The smallest absolute Gasteiger partial charge is 0.251 e. The molecule has 0 bridgehead atoms. The Bertz CT molecular complexity index is 518. The number of nitrogens with one attached hydrogen (secondary N) is 1. The number of nitrogens with zero attached hydrogens (tertiary/aromatic N) is 1. The third-order valence-corrected chi connectivity index (χ3v) is 3.99. The second-order valence-electron chi connectivity index (χ2n) is 2.59. The monoisotopic (exact) mass is 332 g/mol. The van der Waals surface area contributed by atoms with Crippen LogP contribution in [0.2, 0.25) is 0 Å². The van der Waals surface area contributed by atoms with Crippen molar-refractivity contribution in [1.29, 1.82) is 0 Å². The molecule has 0 aliphatic rings. The van der Waals surface area contributed by atoms with Crippen LogP contribution >= 0.6 is 23.1 Å². The minimum Gasteiger partial charge on any atom is -0.251 e. The molecule has 0 aromatic carbocycles. The summed E-state index contributed by atoms with van der Waals surface area (Å²) in [7, 11) is -5.67. The summed E-state index contributed by atoms with van der Waals surface area (Å²) >= 11 is -0.351. The molecular formula is C5H2F6N2O2S3. The summed E-state index contributed by atoms with van der Waals surface area (Å²) in [5, 5.41) is -0.654. The highest BCUT2D eigenvalue weighted by Gasteiger charge is 2.46. The standard InChI is InChI=1S/C5H2F6N2O2S3/c6-4(7,8)17-2-1-16-3(12-2)13-18(14,15)5(9,10)11/h1H,(H,12,13). The maximum atomic E-state index is 11.9. The van der Waals surface area contributed by atoms with E-state index in [9.17, 15) is 34.8 Å². The van der Waals surface area contributed by atoms with Gasteiger partial charge in [-0.25, -0.2) is 4.98 Å². The zero-order chi connectivity index (χ0) is 14.2. The third kappa shape index (κ3) is 4.20. The van der Waals surface area contributed by atoms with Gasteiger partial charge in [0.25, 0.3) is 0 Å². The van der Waals surface area contributed by atoms with Gasteiger partial charge >= 0.3 is 21.0 Å². The first kappa shape index (κ1) is 15.4. The van der Waals surface area contributed by atoms with E-state index in [1.54, 1.807) is 0 Å². The normalized spacial score (nSPS) is 13.7. The zero-order valence-electron chi connectivity index (χ0n) is 7.83. The number of hydrogen-bond donors (Lipinski definition) is 1. The molecule has 13 heteroatoms. The van der Waals surface area contributed by atoms with Gasteiger partial charge in [0.05, 0.1) is 0 Å². The summed E-state index contributed by atoms with van der Waals surface area (Å²) in [5.74, 6) is 0. The Morgan fingerprint density at radius 1 is 1.22 bits per heavy atom. The second-order valence-corrected chi connectivity index (χ2v) is 6.21. The predicted molar refractivity (Wildman–Crippen MR) is 52.6 cm³/mol. The van der Waals surface area contributed by atoms with Gasteiger partial charge in [-0.05, 0) is 0 Å². The van der Waals surface area contributed by atoms with Crippen molar-refractivity contribution in [2.24, 2.45) is 0 Å². The predicted octanol–water partition coefficient (Wildman–Crippen LogP) is 3.02. The van der Waals surface area contributed by atoms with Crippen molar-refractivity contribution in [3.63, 3.8) is 0 Å². The molecule has 1 N–H and O–H groups in total. The maximum Gasteiger partial charge on any atom is 0.516 e. The van der Waals surface area contributed by atoms with Crippen molar-refractivity contribution >= 4 is 38.3 Å². The molecule has 1 aromatic heterocycles. The molecule has 0 radical (unpaired) electrons. The van der Waals surface area contributed by atoms with E-state index < -0.39 is 43.0 Å². The molecule has 0 aliphatic carbocycles. The molecule has 0 saturated heterocycles. The fourth-order valence-electron chi connectivity index (χ4n) is 0.644. The summed E-state index contributed by atoms with van der Waals surface area (Å²) in [6.07, 6.45) is 0. The van der Waals surface area contributed by atoms with Gasteiger partial charge in [-0.1, -0.05) is 0 Å². The Kier molecular flexibility index (Phi) is 4.07. The van der Waals surface area contributed by atoms with Gasteiger partial charge in [-0.15, -0.1) is 11.3 Å². The van der Waals surface area contributed by atoms with E-state index in [1.807, 2.05) is 0 Å². The van der Waals surface area contributed by atoms with Crippen LogP contribution in [0.4, 0.5) is 31.5 Å². The number of rotatable bonds is 3. The second kappa shape index (κ2) is 4.77. The molecule has 18 heavy (non-hydrogen) atoms. The lowest BCUT2D eigenvalue weighted by molar-refractivity contribution is -0.0430. The molecule has 0 atom stereocenters. The number of thioether (sulfide) groups is 1. The van der Waals surface area contributed by atoms with Gasteiger partial charge in [-0.3, -0.25) is 4.72 Å². The molecule has 4 nitrogen and oxygen atoms in total. The molecule has 0 spiro atoms. The minimum atomic E-state index is -5.67. The summed E-state index contributed by atoms with van der Waals surface area (Å²) < 4.78 is 93.7. The van der Waals surface area contributed by atoms with E-state index >= 15 is 0 Å². The van der Waals surface area contributed by atoms with Crippen LogP contribution in [-0.2, 0) is 10.0 Å². The van der Waals surface area contributed by atoms with Gasteiger partial charge in [0, 0.05) is 17.1 Å². The fraction of sp³-hybridized carbons (Fsp3) is 0.400. The van der Waals surface area contributed by atoms with E-state index in [4.69, 9.17) is 0 Å². The van der Waals surface area contributed by atoms with Crippen LogP contribution in [0.1, 0.15) is 0 Å².